The number of benzene rings is 1. The van der Waals surface area contributed by atoms with Crippen LogP contribution in [0.3, 0.4) is 0 Å². The molecule has 0 radical (unpaired) electrons. The molecular formula is C15H18FNO4. The highest BCUT2D eigenvalue weighted by atomic mass is 19.1. The summed E-state index contributed by atoms with van der Waals surface area (Å²) in [5.74, 6) is -2.11. The summed E-state index contributed by atoms with van der Waals surface area (Å²) >= 11 is 0. The van der Waals surface area contributed by atoms with Crippen molar-refractivity contribution in [3.8, 4) is 0 Å². The number of carbonyl (C=O) groups is 2. The van der Waals surface area contributed by atoms with E-state index in [1.165, 1.54) is 12.1 Å². The standard InChI is InChI=1S/C15H18FNO4/c1-15(2,3)21-14(20)17-8-4-5-10-6-7-12(16)11(9-10)13(18)19/h4-7,9H,8H2,1-3H3,(H,17,20)(H,18,19). The monoisotopic (exact) mass is 295 g/mol. The molecule has 0 aliphatic rings. The Morgan fingerprint density at radius 3 is 2.62 bits per heavy atom. The van der Waals surface area contributed by atoms with Crippen molar-refractivity contribution >= 4 is 18.1 Å². The van der Waals surface area contributed by atoms with Gasteiger partial charge < -0.3 is 15.2 Å². The van der Waals surface area contributed by atoms with Crippen molar-refractivity contribution in [3.05, 3.63) is 41.2 Å². The number of alkyl carbamates (subject to hydrolysis) is 1. The lowest BCUT2D eigenvalue weighted by Crippen LogP contribution is -2.32. The first-order chi connectivity index (χ1) is 9.69. The van der Waals surface area contributed by atoms with Crippen molar-refractivity contribution in [3.63, 3.8) is 0 Å². The van der Waals surface area contributed by atoms with Gasteiger partial charge in [0.05, 0.1) is 5.56 Å². The highest BCUT2D eigenvalue weighted by Crippen LogP contribution is 2.12. The number of nitrogens with one attached hydrogen (secondary N) is 1. The molecular weight excluding hydrogens is 277 g/mol. The summed E-state index contributed by atoms with van der Waals surface area (Å²) in [6, 6.07) is 3.76. The molecule has 0 bridgehead atoms. The van der Waals surface area contributed by atoms with Gasteiger partial charge in [-0.05, 0) is 38.5 Å². The molecule has 5 nitrogen and oxygen atoms in total. The number of hydrogen-bond acceptors (Lipinski definition) is 3. The van der Waals surface area contributed by atoms with Gasteiger partial charge in [-0.15, -0.1) is 0 Å². The van der Waals surface area contributed by atoms with E-state index >= 15 is 0 Å². The van der Waals surface area contributed by atoms with E-state index in [1.54, 1.807) is 32.9 Å². The van der Waals surface area contributed by atoms with Crippen molar-refractivity contribution in [1.29, 1.82) is 0 Å². The zero-order valence-corrected chi connectivity index (χ0v) is 12.1. The van der Waals surface area contributed by atoms with Gasteiger partial charge in [-0.2, -0.15) is 0 Å². The van der Waals surface area contributed by atoms with E-state index in [4.69, 9.17) is 9.84 Å². The second-order valence-electron chi connectivity index (χ2n) is 5.33. The molecule has 0 spiro atoms. The quantitative estimate of drug-likeness (QED) is 0.895. The van der Waals surface area contributed by atoms with Gasteiger partial charge in [0.25, 0.3) is 0 Å². The highest BCUT2D eigenvalue weighted by Gasteiger charge is 2.15. The van der Waals surface area contributed by atoms with E-state index in [-0.39, 0.29) is 6.54 Å². The van der Waals surface area contributed by atoms with Crippen molar-refractivity contribution in [2.45, 2.75) is 26.4 Å². The molecule has 114 valence electrons. The molecule has 6 heteroatoms. The van der Waals surface area contributed by atoms with Crippen LogP contribution >= 0.6 is 0 Å². The third-order valence-corrected chi connectivity index (χ3v) is 2.29. The molecule has 0 unspecified atom stereocenters. The van der Waals surface area contributed by atoms with Crippen LogP contribution in [0.25, 0.3) is 6.08 Å². The van der Waals surface area contributed by atoms with Crippen molar-refractivity contribution in [1.82, 2.24) is 5.32 Å². The predicted octanol–water partition coefficient (Wildman–Crippen LogP) is 3.06. The fourth-order valence-corrected chi connectivity index (χ4v) is 1.46. The maximum Gasteiger partial charge on any atom is 0.407 e. The first-order valence-corrected chi connectivity index (χ1v) is 6.35. The summed E-state index contributed by atoms with van der Waals surface area (Å²) in [6.45, 7) is 5.49. The Morgan fingerprint density at radius 2 is 2.05 bits per heavy atom. The first kappa shape index (κ1) is 16.7. The number of hydrogen-bond donors (Lipinski definition) is 2. The maximum absolute atomic E-state index is 13.2. The Hall–Kier alpha value is -2.37. The van der Waals surface area contributed by atoms with Gasteiger partial charge in [0.1, 0.15) is 11.4 Å². The Morgan fingerprint density at radius 1 is 1.38 bits per heavy atom. The number of carbonyl (C=O) groups excluding carboxylic acids is 1. The van der Waals surface area contributed by atoms with Gasteiger partial charge in [-0.1, -0.05) is 18.2 Å². The van der Waals surface area contributed by atoms with Gasteiger partial charge in [0, 0.05) is 6.54 Å². The topological polar surface area (TPSA) is 75.6 Å². The summed E-state index contributed by atoms with van der Waals surface area (Å²) in [6.07, 6.45) is 2.66. The Labute approximate surface area is 122 Å². The van der Waals surface area contributed by atoms with E-state index in [9.17, 15) is 14.0 Å². The molecule has 0 aliphatic heterocycles. The fraction of sp³-hybridized carbons (Fsp3) is 0.333. The molecule has 0 atom stereocenters. The van der Waals surface area contributed by atoms with Crippen LogP contribution in [0.4, 0.5) is 9.18 Å². The van der Waals surface area contributed by atoms with Gasteiger partial charge in [0.15, 0.2) is 0 Å². The first-order valence-electron chi connectivity index (χ1n) is 6.35. The second-order valence-corrected chi connectivity index (χ2v) is 5.33. The van der Waals surface area contributed by atoms with Crippen LogP contribution in [0.1, 0.15) is 36.7 Å². The molecule has 1 aromatic carbocycles. The summed E-state index contributed by atoms with van der Waals surface area (Å²) in [5, 5.41) is 11.3. The van der Waals surface area contributed by atoms with Gasteiger partial charge in [-0.3, -0.25) is 0 Å². The number of halogens is 1. The van der Waals surface area contributed by atoms with Gasteiger partial charge >= 0.3 is 12.1 Å². The van der Waals surface area contributed by atoms with Crippen LogP contribution < -0.4 is 5.32 Å². The third-order valence-electron chi connectivity index (χ3n) is 2.29. The molecule has 1 aromatic rings. The van der Waals surface area contributed by atoms with Crippen LogP contribution in [0, 0.1) is 5.82 Å². The molecule has 0 fully saturated rings. The van der Waals surface area contributed by atoms with E-state index in [1.807, 2.05) is 0 Å². The minimum Gasteiger partial charge on any atom is -0.478 e. The van der Waals surface area contributed by atoms with E-state index in [2.05, 4.69) is 5.32 Å². The molecule has 2 N–H and O–H groups in total. The number of aromatic carboxylic acids is 1. The molecule has 1 amide bonds. The van der Waals surface area contributed by atoms with Gasteiger partial charge in [-0.25, -0.2) is 14.0 Å². The lowest BCUT2D eigenvalue weighted by atomic mass is 10.1. The van der Waals surface area contributed by atoms with E-state index in [0.717, 1.165) is 6.07 Å². The maximum atomic E-state index is 13.2. The molecule has 0 heterocycles. The zero-order chi connectivity index (χ0) is 16.0. The number of rotatable bonds is 4. The van der Waals surface area contributed by atoms with E-state index in [0.29, 0.717) is 5.56 Å². The molecule has 21 heavy (non-hydrogen) atoms. The molecule has 1 rings (SSSR count). The van der Waals surface area contributed by atoms with Crippen molar-refractivity contribution < 1.29 is 23.8 Å². The second kappa shape index (κ2) is 6.88. The minimum absolute atomic E-state index is 0.217. The van der Waals surface area contributed by atoms with Crippen LogP contribution in [0.15, 0.2) is 24.3 Å². The van der Waals surface area contributed by atoms with Gasteiger partial charge in [0.2, 0.25) is 0 Å². The van der Waals surface area contributed by atoms with Crippen LogP contribution in [-0.2, 0) is 4.74 Å². The summed E-state index contributed by atoms with van der Waals surface area (Å²) in [5.41, 5.74) is -0.432. The number of carboxylic acid groups (broad SMARTS) is 1. The summed E-state index contributed by atoms with van der Waals surface area (Å²) < 4.78 is 18.2. The number of amides is 1. The Bertz CT molecular complexity index is 561. The average molecular weight is 295 g/mol. The molecule has 0 saturated heterocycles. The van der Waals surface area contributed by atoms with Crippen LogP contribution in [0.2, 0.25) is 0 Å². The molecule has 0 aromatic heterocycles. The van der Waals surface area contributed by atoms with Crippen molar-refractivity contribution in [2.75, 3.05) is 6.54 Å². The van der Waals surface area contributed by atoms with E-state index < -0.39 is 29.0 Å². The normalized spacial score (nSPS) is 11.4. The lowest BCUT2D eigenvalue weighted by molar-refractivity contribution is 0.0533. The SMILES string of the molecule is CC(C)(C)OC(=O)NCC=Cc1ccc(F)c(C(=O)O)c1. The van der Waals surface area contributed by atoms with Crippen LogP contribution in [0.5, 0.6) is 0 Å². The summed E-state index contributed by atoms with van der Waals surface area (Å²) in [4.78, 5) is 22.2. The van der Waals surface area contributed by atoms with Crippen molar-refractivity contribution in [2.24, 2.45) is 0 Å². The lowest BCUT2D eigenvalue weighted by Gasteiger charge is -2.19. The number of carboxylic acids is 1. The third kappa shape index (κ3) is 6.07. The minimum atomic E-state index is -1.32. The highest BCUT2D eigenvalue weighted by molar-refractivity contribution is 5.88. The zero-order valence-electron chi connectivity index (χ0n) is 12.1. The Kier molecular flexibility index (Phi) is 5.46. The smallest absolute Gasteiger partial charge is 0.407 e. The summed E-state index contributed by atoms with van der Waals surface area (Å²) in [7, 11) is 0. The Balaban J connectivity index is 2.56. The number of ether oxygens (including phenoxy) is 1. The molecule has 0 aliphatic carbocycles. The van der Waals surface area contributed by atoms with Crippen LogP contribution in [-0.4, -0.2) is 29.3 Å². The predicted molar refractivity (Wildman–Crippen MR) is 76.6 cm³/mol. The fourth-order valence-electron chi connectivity index (χ4n) is 1.46. The average Bonchev–Trinajstić information content (AvgIpc) is 2.34. The molecule has 0 saturated carbocycles. The largest absolute Gasteiger partial charge is 0.478 e.